The molecule has 19 heavy (non-hydrogen) atoms. The van der Waals surface area contributed by atoms with Gasteiger partial charge in [0.05, 0.1) is 18.1 Å². The van der Waals surface area contributed by atoms with E-state index in [1.807, 2.05) is 48.6 Å². The second-order valence-electron chi connectivity index (χ2n) is 4.25. The van der Waals surface area contributed by atoms with Crippen LogP contribution in [-0.2, 0) is 0 Å². The van der Waals surface area contributed by atoms with Gasteiger partial charge in [-0.15, -0.1) is 0 Å². The number of aromatic nitrogens is 2. The summed E-state index contributed by atoms with van der Waals surface area (Å²) >= 11 is 0. The molecule has 1 aromatic heterocycles. The Kier molecular flexibility index (Phi) is 3.02. The monoisotopic (exact) mass is 250 g/mol. The van der Waals surface area contributed by atoms with Gasteiger partial charge in [-0.3, -0.25) is 0 Å². The number of nitrogens with zero attached hydrogens (tertiary/aromatic N) is 1. The predicted octanol–water partition coefficient (Wildman–Crippen LogP) is 3.74. The highest BCUT2D eigenvalue weighted by Gasteiger charge is 2.01. The summed E-state index contributed by atoms with van der Waals surface area (Å²) in [7, 11) is 1.66. The molecule has 0 aliphatic rings. The molecular weight excluding hydrogens is 236 g/mol. The molecule has 0 unspecified atom stereocenters. The number of rotatable bonds is 3. The Balaban J connectivity index is 1.91. The maximum Gasteiger partial charge on any atom is 0.131 e. The lowest BCUT2D eigenvalue weighted by Crippen LogP contribution is -1.81. The smallest absolute Gasteiger partial charge is 0.131 e. The van der Waals surface area contributed by atoms with Gasteiger partial charge in [-0.05, 0) is 23.8 Å². The molecule has 0 aliphatic carbocycles. The normalized spacial score (nSPS) is 11.2. The van der Waals surface area contributed by atoms with Crippen LogP contribution in [0.5, 0.6) is 5.75 Å². The van der Waals surface area contributed by atoms with Gasteiger partial charge >= 0.3 is 0 Å². The minimum absolute atomic E-state index is 0.828. The van der Waals surface area contributed by atoms with Crippen LogP contribution >= 0.6 is 0 Å². The molecule has 1 N–H and O–H groups in total. The number of ether oxygens (including phenoxy) is 1. The molecule has 3 rings (SSSR count). The molecule has 3 nitrogen and oxygen atoms in total. The highest BCUT2D eigenvalue weighted by molar-refractivity contribution is 5.80. The van der Waals surface area contributed by atoms with E-state index in [2.05, 4.69) is 22.1 Å². The molecule has 0 atom stereocenters. The van der Waals surface area contributed by atoms with Crippen molar-refractivity contribution in [3.63, 3.8) is 0 Å². The van der Waals surface area contributed by atoms with Gasteiger partial charge in [-0.25, -0.2) is 4.98 Å². The second kappa shape index (κ2) is 4.98. The van der Waals surface area contributed by atoms with E-state index in [0.29, 0.717) is 0 Å². The Hall–Kier alpha value is -2.55. The molecule has 1 heterocycles. The van der Waals surface area contributed by atoms with Gasteiger partial charge in [-0.2, -0.15) is 0 Å². The molecule has 0 saturated carbocycles. The molecule has 0 aliphatic heterocycles. The Morgan fingerprint density at radius 1 is 1.05 bits per heavy atom. The van der Waals surface area contributed by atoms with Gasteiger partial charge in [0.25, 0.3) is 0 Å². The third kappa shape index (κ3) is 2.50. The van der Waals surface area contributed by atoms with E-state index in [1.165, 1.54) is 0 Å². The number of fused-ring (bicyclic) bond motifs is 1. The number of imidazole rings is 1. The molecule has 94 valence electrons. The maximum atomic E-state index is 5.20. The summed E-state index contributed by atoms with van der Waals surface area (Å²) in [6.45, 7) is 0. The first kappa shape index (κ1) is 11.5. The third-order valence-corrected chi connectivity index (χ3v) is 2.94. The summed E-state index contributed by atoms with van der Waals surface area (Å²) in [5, 5.41) is 0. The van der Waals surface area contributed by atoms with Crippen molar-refractivity contribution in [2.24, 2.45) is 0 Å². The summed E-state index contributed by atoms with van der Waals surface area (Å²) in [6.07, 6.45) is 4.01. The van der Waals surface area contributed by atoms with E-state index in [9.17, 15) is 0 Å². The maximum absolute atomic E-state index is 5.20. The van der Waals surface area contributed by atoms with Crippen LogP contribution in [-0.4, -0.2) is 17.1 Å². The van der Waals surface area contributed by atoms with Crippen molar-refractivity contribution >= 4 is 23.2 Å². The van der Waals surface area contributed by atoms with Gasteiger partial charge in [0.15, 0.2) is 0 Å². The Bertz CT molecular complexity index is 714. The first-order chi connectivity index (χ1) is 9.35. The fraction of sp³-hybridized carbons (Fsp3) is 0.0625. The number of methoxy groups -OCH3 is 1. The molecule has 0 saturated heterocycles. The predicted molar refractivity (Wildman–Crippen MR) is 78.0 cm³/mol. The van der Waals surface area contributed by atoms with Crippen molar-refractivity contribution in [3.05, 3.63) is 59.9 Å². The summed E-state index contributed by atoms with van der Waals surface area (Å²) in [5.41, 5.74) is 3.07. The lowest BCUT2D eigenvalue weighted by molar-refractivity contribution is 0.415. The van der Waals surface area contributed by atoms with Crippen LogP contribution in [0.15, 0.2) is 48.5 Å². The van der Waals surface area contributed by atoms with E-state index in [0.717, 1.165) is 28.2 Å². The Labute approximate surface area is 111 Å². The van der Waals surface area contributed by atoms with Gasteiger partial charge in [0.2, 0.25) is 0 Å². The van der Waals surface area contributed by atoms with Gasteiger partial charge in [-0.1, -0.05) is 36.4 Å². The summed E-state index contributed by atoms with van der Waals surface area (Å²) in [6, 6.07) is 16.0. The van der Waals surface area contributed by atoms with E-state index in [4.69, 9.17) is 4.74 Å². The lowest BCUT2D eigenvalue weighted by atomic mass is 10.2. The zero-order valence-electron chi connectivity index (χ0n) is 10.6. The Morgan fingerprint density at radius 2 is 1.89 bits per heavy atom. The molecule has 2 aromatic carbocycles. The van der Waals surface area contributed by atoms with E-state index >= 15 is 0 Å². The molecule has 3 heteroatoms. The van der Waals surface area contributed by atoms with Crippen molar-refractivity contribution in [2.75, 3.05) is 7.11 Å². The quantitative estimate of drug-likeness (QED) is 0.769. The van der Waals surface area contributed by atoms with Crippen LogP contribution in [0.1, 0.15) is 11.4 Å². The van der Waals surface area contributed by atoms with Crippen LogP contribution in [0.2, 0.25) is 0 Å². The van der Waals surface area contributed by atoms with Crippen molar-refractivity contribution in [2.45, 2.75) is 0 Å². The number of nitrogens with one attached hydrogen (secondary N) is 1. The van der Waals surface area contributed by atoms with Crippen LogP contribution in [0, 0.1) is 0 Å². The van der Waals surface area contributed by atoms with Crippen LogP contribution in [0.3, 0.4) is 0 Å². The van der Waals surface area contributed by atoms with Gasteiger partial charge < -0.3 is 9.72 Å². The van der Waals surface area contributed by atoms with Crippen molar-refractivity contribution in [3.8, 4) is 5.75 Å². The minimum atomic E-state index is 0.828. The first-order valence-electron chi connectivity index (χ1n) is 6.12. The molecule has 0 amide bonds. The summed E-state index contributed by atoms with van der Waals surface area (Å²) in [5.74, 6) is 1.67. The zero-order valence-corrected chi connectivity index (χ0v) is 10.6. The van der Waals surface area contributed by atoms with Crippen LogP contribution < -0.4 is 4.74 Å². The molecule has 0 radical (unpaired) electrons. The fourth-order valence-electron chi connectivity index (χ4n) is 1.95. The highest BCUT2D eigenvalue weighted by atomic mass is 16.5. The van der Waals surface area contributed by atoms with Crippen molar-refractivity contribution < 1.29 is 4.74 Å². The zero-order chi connectivity index (χ0) is 13.1. The van der Waals surface area contributed by atoms with E-state index in [1.54, 1.807) is 7.11 Å². The average Bonchev–Trinajstić information content (AvgIpc) is 2.88. The second-order valence-corrected chi connectivity index (χ2v) is 4.25. The fourth-order valence-corrected chi connectivity index (χ4v) is 1.95. The molecule has 0 fully saturated rings. The summed E-state index contributed by atoms with van der Waals surface area (Å²) in [4.78, 5) is 7.77. The van der Waals surface area contributed by atoms with Crippen LogP contribution in [0.25, 0.3) is 23.2 Å². The largest absolute Gasteiger partial charge is 0.497 e. The highest BCUT2D eigenvalue weighted by Crippen LogP contribution is 2.19. The number of hydrogen-bond donors (Lipinski definition) is 1. The van der Waals surface area contributed by atoms with Crippen LogP contribution in [0.4, 0.5) is 0 Å². The number of benzene rings is 2. The SMILES string of the molecule is COc1ccc2nc(/C=C/c3ccccc3)[nH]c2c1. The molecule has 3 aromatic rings. The molecule has 0 bridgehead atoms. The number of aromatic amines is 1. The number of hydrogen-bond acceptors (Lipinski definition) is 2. The van der Waals surface area contributed by atoms with E-state index < -0.39 is 0 Å². The molecular formula is C16H14N2O. The first-order valence-corrected chi connectivity index (χ1v) is 6.12. The van der Waals surface area contributed by atoms with Gasteiger partial charge in [0.1, 0.15) is 11.6 Å². The standard InChI is InChI=1S/C16H14N2O/c1-19-13-8-9-14-15(11-13)18-16(17-14)10-7-12-5-3-2-4-6-12/h2-11H,1H3,(H,17,18)/b10-7+. The van der Waals surface area contributed by atoms with Gasteiger partial charge in [0, 0.05) is 6.07 Å². The number of H-pyrrole nitrogens is 1. The summed E-state index contributed by atoms with van der Waals surface area (Å²) < 4.78 is 5.20. The minimum Gasteiger partial charge on any atom is -0.497 e. The lowest BCUT2D eigenvalue weighted by Gasteiger charge is -1.96. The Morgan fingerprint density at radius 3 is 2.68 bits per heavy atom. The third-order valence-electron chi connectivity index (χ3n) is 2.94. The van der Waals surface area contributed by atoms with Crippen molar-refractivity contribution in [1.29, 1.82) is 0 Å². The average molecular weight is 250 g/mol. The van der Waals surface area contributed by atoms with Crippen molar-refractivity contribution in [1.82, 2.24) is 9.97 Å². The van der Waals surface area contributed by atoms with E-state index in [-0.39, 0.29) is 0 Å². The topological polar surface area (TPSA) is 37.9 Å². The molecule has 0 spiro atoms.